The van der Waals surface area contributed by atoms with E-state index in [1.807, 2.05) is 0 Å². The van der Waals surface area contributed by atoms with E-state index in [1.165, 1.54) is 6.07 Å². The molecule has 234 valence electrons. The molecule has 2 aromatic heterocycles. The number of fused-ring (bicyclic) bond motifs is 1. The highest BCUT2D eigenvalue weighted by molar-refractivity contribution is 6.39. The van der Waals surface area contributed by atoms with Crippen LogP contribution in [0.2, 0.25) is 10.0 Å². The lowest BCUT2D eigenvalue weighted by Gasteiger charge is -2.30. The SMILES string of the molecule is CCC(=O)NCc1ccc(Cl)c(Nc2nc3nc(OCC(F)CC)c(C(=O)NC4CCC(C(F)(F)F)CC4)cc3[nH]2)c1Cl. The summed E-state index contributed by atoms with van der Waals surface area (Å²) in [7, 11) is 0. The number of anilines is 2. The lowest BCUT2D eigenvalue weighted by Crippen LogP contribution is -2.40. The van der Waals surface area contributed by atoms with E-state index in [-0.39, 0.29) is 84.2 Å². The first-order valence-corrected chi connectivity index (χ1v) is 14.7. The van der Waals surface area contributed by atoms with E-state index in [0.717, 1.165) is 0 Å². The lowest BCUT2D eigenvalue weighted by molar-refractivity contribution is -0.182. The molecule has 15 heteroatoms. The van der Waals surface area contributed by atoms with Gasteiger partial charge in [0.2, 0.25) is 17.7 Å². The van der Waals surface area contributed by atoms with Crippen molar-refractivity contribution in [1.29, 1.82) is 0 Å². The van der Waals surface area contributed by atoms with Crippen LogP contribution in [0, 0.1) is 5.92 Å². The number of carbonyl (C=O) groups excluding carboxylic acids is 2. The van der Waals surface area contributed by atoms with Crippen LogP contribution in [-0.4, -0.2) is 51.8 Å². The van der Waals surface area contributed by atoms with Crippen molar-refractivity contribution in [1.82, 2.24) is 25.6 Å². The number of alkyl halides is 4. The summed E-state index contributed by atoms with van der Waals surface area (Å²) in [5, 5.41) is 9.06. The second-order valence-corrected chi connectivity index (χ2v) is 11.1. The van der Waals surface area contributed by atoms with Crippen molar-refractivity contribution in [3.63, 3.8) is 0 Å². The lowest BCUT2D eigenvalue weighted by atomic mass is 9.85. The molecule has 1 aromatic carbocycles. The van der Waals surface area contributed by atoms with Crippen LogP contribution in [0.1, 0.15) is 68.3 Å². The van der Waals surface area contributed by atoms with Gasteiger partial charge in [0, 0.05) is 19.0 Å². The molecule has 2 amide bonds. The Labute approximate surface area is 255 Å². The van der Waals surface area contributed by atoms with Gasteiger partial charge < -0.3 is 25.7 Å². The third kappa shape index (κ3) is 8.20. The molecule has 4 rings (SSSR count). The van der Waals surface area contributed by atoms with E-state index in [2.05, 4.69) is 30.9 Å². The first-order chi connectivity index (χ1) is 20.4. The number of hydrogen-bond acceptors (Lipinski definition) is 6. The Morgan fingerprint density at radius 3 is 2.51 bits per heavy atom. The molecule has 43 heavy (non-hydrogen) atoms. The van der Waals surface area contributed by atoms with Crippen molar-refractivity contribution >= 4 is 57.8 Å². The molecule has 0 spiro atoms. The van der Waals surface area contributed by atoms with Crippen LogP contribution >= 0.6 is 23.2 Å². The van der Waals surface area contributed by atoms with E-state index < -0.39 is 30.2 Å². The van der Waals surface area contributed by atoms with Crippen molar-refractivity contribution in [2.45, 2.75) is 77.3 Å². The molecule has 0 saturated heterocycles. The monoisotopic (exact) mass is 646 g/mol. The van der Waals surface area contributed by atoms with Crippen LogP contribution in [-0.2, 0) is 11.3 Å². The summed E-state index contributed by atoms with van der Waals surface area (Å²) in [6.07, 6.45) is -4.88. The maximum atomic E-state index is 14.0. The van der Waals surface area contributed by atoms with Crippen molar-refractivity contribution < 1.29 is 31.9 Å². The van der Waals surface area contributed by atoms with Gasteiger partial charge in [-0.2, -0.15) is 23.1 Å². The standard InChI is InChI=1S/C28H32Cl2F4N6O3/c1-3-16(31)13-43-26-18(25(42)36-17-8-6-15(7-9-17)28(32,33)34)11-20-24(39-26)40-27(37-20)38-23-19(29)10-5-14(22(23)30)12-35-21(41)4-2/h5,10-11,15-17H,3-4,6-9,12-13H2,1-2H3,(H,35,41)(H,36,42)(H2,37,38,39,40). The first-order valence-electron chi connectivity index (χ1n) is 13.9. The van der Waals surface area contributed by atoms with Crippen LogP contribution < -0.4 is 20.7 Å². The summed E-state index contributed by atoms with van der Waals surface area (Å²) < 4.78 is 58.8. The Kier molecular flexibility index (Phi) is 10.6. The highest BCUT2D eigenvalue weighted by Crippen LogP contribution is 2.38. The maximum Gasteiger partial charge on any atom is 0.391 e. The Morgan fingerprint density at radius 2 is 1.86 bits per heavy atom. The van der Waals surface area contributed by atoms with Crippen molar-refractivity contribution in [3.05, 3.63) is 39.4 Å². The van der Waals surface area contributed by atoms with E-state index in [9.17, 15) is 27.2 Å². The van der Waals surface area contributed by atoms with Crippen molar-refractivity contribution in [2.24, 2.45) is 5.92 Å². The fourth-order valence-electron chi connectivity index (χ4n) is 4.66. The van der Waals surface area contributed by atoms with Crippen LogP contribution in [0.15, 0.2) is 18.2 Å². The van der Waals surface area contributed by atoms with Gasteiger partial charge in [-0.3, -0.25) is 9.59 Å². The molecular weight excluding hydrogens is 615 g/mol. The molecule has 1 fully saturated rings. The third-order valence-electron chi connectivity index (χ3n) is 7.26. The number of rotatable bonds is 11. The summed E-state index contributed by atoms with van der Waals surface area (Å²) >= 11 is 12.9. The van der Waals surface area contributed by atoms with Crippen LogP contribution in [0.4, 0.5) is 29.2 Å². The zero-order valence-electron chi connectivity index (χ0n) is 23.5. The normalized spacial score (nSPS) is 17.9. The van der Waals surface area contributed by atoms with Gasteiger partial charge in [0.1, 0.15) is 18.3 Å². The number of H-pyrrole nitrogens is 1. The van der Waals surface area contributed by atoms with Crippen molar-refractivity contribution in [2.75, 3.05) is 11.9 Å². The molecule has 2 heterocycles. The van der Waals surface area contributed by atoms with E-state index in [4.69, 9.17) is 27.9 Å². The minimum absolute atomic E-state index is 0.0197. The molecule has 4 N–H and O–H groups in total. The number of carbonyl (C=O) groups is 2. The Balaban J connectivity index is 1.58. The van der Waals surface area contributed by atoms with E-state index >= 15 is 0 Å². The van der Waals surface area contributed by atoms with Gasteiger partial charge in [-0.15, -0.1) is 0 Å². The number of hydrogen-bond donors (Lipinski definition) is 4. The molecule has 9 nitrogen and oxygen atoms in total. The van der Waals surface area contributed by atoms with E-state index in [0.29, 0.717) is 23.2 Å². The van der Waals surface area contributed by atoms with E-state index in [1.54, 1.807) is 26.0 Å². The quantitative estimate of drug-likeness (QED) is 0.166. The number of pyridine rings is 1. The van der Waals surface area contributed by atoms with Gasteiger partial charge in [-0.25, -0.2) is 4.39 Å². The molecule has 0 radical (unpaired) electrons. The largest absolute Gasteiger partial charge is 0.474 e. The number of aromatic amines is 1. The highest BCUT2D eigenvalue weighted by atomic mass is 35.5. The second kappa shape index (κ2) is 14.0. The number of ether oxygens (including phenoxy) is 1. The first kappa shape index (κ1) is 32.6. The van der Waals surface area contributed by atoms with Gasteiger partial charge in [0.15, 0.2) is 5.65 Å². The highest BCUT2D eigenvalue weighted by Gasteiger charge is 2.41. The molecule has 3 aromatic rings. The summed E-state index contributed by atoms with van der Waals surface area (Å²) in [5.74, 6) is -2.13. The maximum absolute atomic E-state index is 14.0. The van der Waals surface area contributed by atoms with Gasteiger partial charge in [-0.05, 0) is 49.8 Å². The summed E-state index contributed by atoms with van der Waals surface area (Å²) in [6.45, 7) is 3.21. The Morgan fingerprint density at radius 1 is 1.14 bits per heavy atom. The predicted octanol–water partition coefficient (Wildman–Crippen LogP) is 7.01. The number of amides is 2. The molecule has 1 unspecified atom stereocenters. The average molecular weight is 648 g/mol. The average Bonchev–Trinajstić information content (AvgIpc) is 3.38. The minimum atomic E-state index is -4.26. The van der Waals surface area contributed by atoms with Gasteiger partial charge in [-0.1, -0.05) is 43.1 Å². The zero-order valence-corrected chi connectivity index (χ0v) is 25.0. The number of aromatic nitrogens is 3. The smallest absolute Gasteiger partial charge is 0.391 e. The molecular formula is C28H32Cl2F4N6O3. The number of imidazole rings is 1. The molecule has 1 aliphatic rings. The summed E-state index contributed by atoms with van der Waals surface area (Å²) in [6, 6.07) is 4.27. The molecule has 1 aliphatic carbocycles. The number of halogens is 6. The topological polar surface area (TPSA) is 121 Å². The fraction of sp³-hybridized carbons (Fsp3) is 0.500. The third-order valence-corrected chi connectivity index (χ3v) is 8.01. The minimum Gasteiger partial charge on any atom is -0.474 e. The second-order valence-electron chi connectivity index (χ2n) is 10.3. The molecule has 0 aliphatic heterocycles. The number of nitrogens with one attached hydrogen (secondary N) is 4. The zero-order chi connectivity index (χ0) is 31.3. The van der Waals surface area contributed by atoms with Crippen LogP contribution in [0.5, 0.6) is 5.88 Å². The summed E-state index contributed by atoms with van der Waals surface area (Å²) in [4.78, 5) is 36.7. The van der Waals surface area contributed by atoms with Crippen LogP contribution in [0.25, 0.3) is 11.2 Å². The van der Waals surface area contributed by atoms with Crippen LogP contribution in [0.3, 0.4) is 0 Å². The molecule has 1 atom stereocenters. The Hall–Kier alpha value is -3.32. The molecule has 0 bridgehead atoms. The molecule has 1 saturated carbocycles. The summed E-state index contributed by atoms with van der Waals surface area (Å²) in [5.41, 5.74) is 1.38. The Bertz CT molecular complexity index is 1460. The van der Waals surface area contributed by atoms with Gasteiger partial charge >= 0.3 is 6.18 Å². The van der Waals surface area contributed by atoms with Crippen molar-refractivity contribution in [3.8, 4) is 5.88 Å². The van der Waals surface area contributed by atoms with Gasteiger partial charge in [0.05, 0.1) is 27.2 Å². The number of nitrogens with zero attached hydrogens (tertiary/aromatic N) is 2. The van der Waals surface area contributed by atoms with Gasteiger partial charge in [0.25, 0.3) is 5.91 Å². The fourth-order valence-corrected chi connectivity index (χ4v) is 5.19. The number of benzene rings is 1. The predicted molar refractivity (Wildman–Crippen MR) is 156 cm³/mol.